The first-order valence-electron chi connectivity index (χ1n) is 3.57. The lowest BCUT2D eigenvalue weighted by atomic mass is 10.2. The Morgan fingerprint density at radius 1 is 1.25 bits per heavy atom. The summed E-state index contributed by atoms with van der Waals surface area (Å²) in [6.07, 6.45) is 0.538. The summed E-state index contributed by atoms with van der Waals surface area (Å²) in [4.78, 5) is 10.8. The molecule has 1 amide bonds. The number of anilines is 1. The Kier molecular flexibility index (Phi) is 2.79. The highest BCUT2D eigenvalue weighted by Gasteiger charge is 2.15. The highest BCUT2D eigenvalue weighted by Crippen LogP contribution is 2.20. The van der Waals surface area contributed by atoms with Gasteiger partial charge in [-0.1, -0.05) is 18.2 Å². The summed E-state index contributed by atoms with van der Waals surface area (Å²) in [7, 11) is 0. The van der Waals surface area contributed by atoms with E-state index in [1.165, 1.54) is 0 Å². The quantitative estimate of drug-likeness (QED) is 0.374. The first-order chi connectivity index (χ1) is 5.86. The number of benzene rings is 1. The molecule has 4 heteroatoms. The molecule has 0 unspecified atom stereocenters. The molecule has 0 radical (unpaired) electrons. The van der Waals surface area contributed by atoms with E-state index in [-0.39, 0.29) is 5.91 Å². The van der Waals surface area contributed by atoms with Crippen LogP contribution >= 0.6 is 0 Å². The molecule has 0 atom stereocenters. The van der Waals surface area contributed by atoms with Gasteiger partial charge in [-0.2, -0.15) is 0 Å². The van der Waals surface area contributed by atoms with Crippen LogP contribution in [0, 0.1) is 0 Å². The first kappa shape index (κ1) is 8.70. The van der Waals surface area contributed by atoms with Crippen LogP contribution in [0.5, 0.6) is 0 Å². The average molecular weight is 165 g/mol. The fourth-order valence-corrected chi connectivity index (χ4v) is 1.16. The molecule has 1 heterocycles. The predicted octanol–water partition coefficient (Wildman–Crippen LogP) is 0.0000000000000000555. The lowest BCUT2D eigenvalue weighted by Crippen LogP contribution is -2.03. The van der Waals surface area contributed by atoms with Crippen molar-refractivity contribution in [2.24, 2.45) is 11.7 Å². The number of hydrogen-bond acceptors (Lipinski definition) is 3. The van der Waals surface area contributed by atoms with Gasteiger partial charge >= 0.3 is 0 Å². The summed E-state index contributed by atoms with van der Waals surface area (Å²) in [5.41, 5.74) is 2.07. The number of nitrogens with one attached hydrogen (secondary N) is 1. The van der Waals surface area contributed by atoms with Gasteiger partial charge in [0.25, 0.3) is 0 Å². The third-order valence-corrected chi connectivity index (χ3v) is 1.64. The van der Waals surface area contributed by atoms with Crippen molar-refractivity contribution in [3.8, 4) is 0 Å². The van der Waals surface area contributed by atoms with Crippen LogP contribution in [0.2, 0.25) is 0 Å². The molecule has 0 bridgehead atoms. The Labute approximate surface area is 70.5 Å². The molecule has 1 aliphatic rings. The molecule has 1 aromatic rings. The van der Waals surface area contributed by atoms with Gasteiger partial charge in [-0.15, -0.1) is 0 Å². The van der Waals surface area contributed by atoms with E-state index in [0.717, 1.165) is 11.3 Å². The fraction of sp³-hybridized carbons (Fsp3) is 0.125. The Balaban J connectivity index is 0.000000336. The molecule has 5 N–H and O–H groups in total. The van der Waals surface area contributed by atoms with E-state index in [1.54, 1.807) is 0 Å². The van der Waals surface area contributed by atoms with Crippen LogP contribution in [0.3, 0.4) is 0 Å². The van der Waals surface area contributed by atoms with E-state index >= 15 is 0 Å². The molecule has 0 spiro atoms. The summed E-state index contributed by atoms with van der Waals surface area (Å²) in [6.45, 7) is 0. The number of carbonyl (C=O) groups is 1. The molecule has 0 saturated heterocycles. The number of hydrazine groups is 1. The summed E-state index contributed by atoms with van der Waals surface area (Å²) in [5.74, 6) is 8.10. The van der Waals surface area contributed by atoms with E-state index in [9.17, 15) is 4.79 Å². The van der Waals surface area contributed by atoms with E-state index in [1.807, 2.05) is 24.3 Å². The zero-order valence-corrected chi connectivity index (χ0v) is 6.58. The summed E-state index contributed by atoms with van der Waals surface area (Å²) in [6, 6.07) is 7.75. The molecule has 0 aromatic heterocycles. The van der Waals surface area contributed by atoms with Crippen molar-refractivity contribution in [3.05, 3.63) is 29.8 Å². The number of nitrogens with two attached hydrogens (primary N) is 2. The maximum Gasteiger partial charge on any atom is 0.228 e. The number of carbonyl (C=O) groups excluding carboxylic acids is 1. The van der Waals surface area contributed by atoms with Gasteiger partial charge in [0.1, 0.15) is 0 Å². The van der Waals surface area contributed by atoms with Gasteiger partial charge in [-0.05, 0) is 11.6 Å². The topological polar surface area (TPSA) is 81.1 Å². The Hall–Kier alpha value is -1.39. The summed E-state index contributed by atoms with van der Waals surface area (Å²) >= 11 is 0. The van der Waals surface area contributed by atoms with Gasteiger partial charge in [0.2, 0.25) is 5.91 Å². The minimum atomic E-state index is 0.0983. The second-order valence-corrected chi connectivity index (χ2v) is 2.38. The molecule has 1 aromatic carbocycles. The molecule has 0 fully saturated rings. The lowest BCUT2D eigenvalue weighted by Gasteiger charge is -1.93. The Morgan fingerprint density at radius 3 is 2.58 bits per heavy atom. The van der Waals surface area contributed by atoms with Crippen molar-refractivity contribution in [2.45, 2.75) is 6.42 Å². The normalized spacial score (nSPS) is 12.7. The fourth-order valence-electron chi connectivity index (χ4n) is 1.16. The molecule has 12 heavy (non-hydrogen) atoms. The Bertz CT molecular complexity index is 258. The largest absolute Gasteiger partial charge is 0.326 e. The second kappa shape index (κ2) is 3.85. The standard InChI is InChI=1S/C8H7NO.H4N2/c10-8-5-6-3-1-2-4-7(6)9-8;1-2/h1-4H,5H2,(H,9,10);1-2H2. The van der Waals surface area contributed by atoms with Gasteiger partial charge in [0.05, 0.1) is 6.42 Å². The van der Waals surface area contributed by atoms with Gasteiger partial charge < -0.3 is 5.32 Å². The minimum absolute atomic E-state index is 0.0983. The minimum Gasteiger partial charge on any atom is -0.326 e. The van der Waals surface area contributed by atoms with Crippen LogP contribution in [0.25, 0.3) is 0 Å². The SMILES string of the molecule is NN.O=C1Cc2ccccc2N1. The third kappa shape index (κ3) is 1.61. The molecular weight excluding hydrogens is 154 g/mol. The molecule has 2 rings (SSSR count). The van der Waals surface area contributed by atoms with Crippen molar-refractivity contribution in [2.75, 3.05) is 5.32 Å². The zero-order chi connectivity index (χ0) is 8.97. The van der Waals surface area contributed by atoms with Crippen LogP contribution in [-0.2, 0) is 11.2 Å². The van der Waals surface area contributed by atoms with Crippen molar-refractivity contribution >= 4 is 11.6 Å². The van der Waals surface area contributed by atoms with Gasteiger partial charge in [-0.3, -0.25) is 16.5 Å². The molecule has 64 valence electrons. The predicted molar refractivity (Wildman–Crippen MR) is 47.2 cm³/mol. The number of rotatable bonds is 0. The lowest BCUT2D eigenvalue weighted by molar-refractivity contribution is -0.115. The number of hydrogen-bond donors (Lipinski definition) is 3. The van der Waals surface area contributed by atoms with Crippen LogP contribution in [0.4, 0.5) is 5.69 Å². The van der Waals surface area contributed by atoms with E-state index in [2.05, 4.69) is 17.0 Å². The van der Waals surface area contributed by atoms with Crippen LogP contribution in [0.1, 0.15) is 5.56 Å². The Morgan fingerprint density at radius 2 is 1.92 bits per heavy atom. The van der Waals surface area contributed by atoms with Gasteiger partial charge in [0, 0.05) is 5.69 Å². The van der Waals surface area contributed by atoms with E-state index in [0.29, 0.717) is 6.42 Å². The number of para-hydroxylation sites is 1. The highest BCUT2D eigenvalue weighted by atomic mass is 16.1. The molecule has 0 saturated carbocycles. The van der Waals surface area contributed by atoms with Gasteiger partial charge in [0.15, 0.2) is 0 Å². The maximum absolute atomic E-state index is 10.8. The average Bonchev–Trinajstić information content (AvgIpc) is 2.48. The summed E-state index contributed by atoms with van der Waals surface area (Å²) in [5, 5.41) is 2.76. The molecular formula is C8H11N3O. The van der Waals surface area contributed by atoms with Crippen LogP contribution in [0.15, 0.2) is 24.3 Å². The van der Waals surface area contributed by atoms with Crippen LogP contribution in [-0.4, -0.2) is 5.91 Å². The molecule has 1 aliphatic heterocycles. The molecule has 4 nitrogen and oxygen atoms in total. The summed E-state index contributed by atoms with van der Waals surface area (Å²) < 4.78 is 0. The number of fused-ring (bicyclic) bond motifs is 1. The monoisotopic (exact) mass is 165 g/mol. The number of amides is 1. The van der Waals surface area contributed by atoms with E-state index in [4.69, 9.17) is 0 Å². The second-order valence-electron chi connectivity index (χ2n) is 2.38. The van der Waals surface area contributed by atoms with Crippen molar-refractivity contribution in [1.29, 1.82) is 0 Å². The van der Waals surface area contributed by atoms with Gasteiger partial charge in [-0.25, -0.2) is 0 Å². The van der Waals surface area contributed by atoms with Crippen molar-refractivity contribution in [1.82, 2.24) is 0 Å². The van der Waals surface area contributed by atoms with Crippen LogP contribution < -0.4 is 17.0 Å². The highest BCUT2D eigenvalue weighted by molar-refractivity contribution is 5.98. The zero-order valence-electron chi connectivity index (χ0n) is 6.58. The smallest absolute Gasteiger partial charge is 0.228 e. The van der Waals surface area contributed by atoms with Crippen molar-refractivity contribution in [3.63, 3.8) is 0 Å². The third-order valence-electron chi connectivity index (χ3n) is 1.64. The van der Waals surface area contributed by atoms with E-state index < -0.39 is 0 Å². The maximum atomic E-state index is 10.8. The first-order valence-corrected chi connectivity index (χ1v) is 3.57. The van der Waals surface area contributed by atoms with Crippen molar-refractivity contribution < 1.29 is 4.79 Å². The molecule has 0 aliphatic carbocycles.